The summed E-state index contributed by atoms with van der Waals surface area (Å²) in [5.74, 6) is 5.97. The molecule has 0 unspecified atom stereocenters. The fourth-order valence-electron chi connectivity index (χ4n) is 1.48. The molecule has 0 saturated carbocycles. The van der Waals surface area contributed by atoms with Crippen LogP contribution in [0.25, 0.3) is 0 Å². The SMILES string of the molecule is Clc1cccc(C#CCN=Cc2ccccc2Cl)c1. The van der Waals surface area contributed by atoms with Gasteiger partial charge in [0, 0.05) is 27.4 Å². The first kappa shape index (κ1) is 13.7. The Bertz CT molecular complexity index is 651. The Labute approximate surface area is 122 Å². The van der Waals surface area contributed by atoms with E-state index in [1.165, 1.54) is 0 Å². The highest BCUT2D eigenvalue weighted by atomic mass is 35.5. The fourth-order valence-corrected chi connectivity index (χ4v) is 1.85. The number of halogens is 2. The average molecular weight is 288 g/mol. The minimum absolute atomic E-state index is 0.428. The summed E-state index contributed by atoms with van der Waals surface area (Å²) in [4.78, 5) is 4.22. The standard InChI is InChI=1S/C16H11Cl2N/c17-15-8-3-5-13(11-15)6-4-10-19-12-14-7-1-2-9-16(14)18/h1-3,5,7-9,11-12H,10H2. The highest BCUT2D eigenvalue weighted by Gasteiger charge is 1.92. The van der Waals surface area contributed by atoms with Crippen molar-refractivity contribution in [2.75, 3.05) is 6.54 Å². The minimum atomic E-state index is 0.428. The van der Waals surface area contributed by atoms with Crippen LogP contribution in [-0.4, -0.2) is 12.8 Å². The van der Waals surface area contributed by atoms with Crippen LogP contribution in [0.2, 0.25) is 10.0 Å². The van der Waals surface area contributed by atoms with Crippen LogP contribution in [0.3, 0.4) is 0 Å². The summed E-state index contributed by atoms with van der Waals surface area (Å²) in [5.41, 5.74) is 1.79. The van der Waals surface area contributed by atoms with Gasteiger partial charge in [0.05, 0.1) is 0 Å². The molecule has 0 bridgehead atoms. The molecule has 0 fully saturated rings. The van der Waals surface area contributed by atoms with Crippen LogP contribution in [0, 0.1) is 11.8 Å². The lowest BCUT2D eigenvalue weighted by Crippen LogP contribution is -1.84. The van der Waals surface area contributed by atoms with E-state index in [2.05, 4.69) is 16.8 Å². The van der Waals surface area contributed by atoms with Crippen LogP contribution in [0.1, 0.15) is 11.1 Å². The first-order chi connectivity index (χ1) is 9.25. The van der Waals surface area contributed by atoms with Gasteiger partial charge in [-0.1, -0.05) is 59.3 Å². The van der Waals surface area contributed by atoms with Crippen molar-refractivity contribution in [3.8, 4) is 11.8 Å². The molecule has 0 atom stereocenters. The number of hydrogen-bond acceptors (Lipinski definition) is 1. The molecule has 0 aliphatic carbocycles. The van der Waals surface area contributed by atoms with Gasteiger partial charge in [-0.15, -0.1) is 0 Å². The minimum Gasteiger partial charge on any atom is -0.280 e. The van der Waals surface area contributed by atoms with Crippen molar-refractivity contribution in [2.24, 2.45) is 4.99 Å². The summed E-state index contributed by atoms with van der Waals surface area (Å²) in [6, 6.07) is 15.0. The van der Waals surface area contributed by atoms with E-state index in [0.29, 0.717) is 16.6 Å². The van der Waals surface area contributed by atoms with E-state index in [9.17, 15) is 0 Å². The molecule has 0 N–H and O–H groups in total. The second-order valence-electron chi connectivity index (χ2n) is 3.80. The molecular weight excluding hydrogens is 277 g/mol. The molecule has 3 heteroatoms. The smallest absolute Gasteiger partial charge is 0.100 e. The van der Waals surface area contributed by atoms with Crippen molar-refractivity contribution in [1.29, 1.82) is 0 Å². The molecule has 2 aromatic rings. The molecule has 2 aromatic carbocycles. The Morgan fingerprint density at radius 3 is 2.68 bits per heavy atom. The maximum atomic E-state index is 6.01. The lowest BCUT2D eigenvalue weighted by molar-refractivity contribution is 1.30. The molecule has 19 heavy (non-hydrogen) atoms. The van der Waals surface area contributed by atoms with E-state index in [-0.39, 0.29) is 0 Å². The Balaban J connectivity index is 1.96. The molecular formula is C16H11Cl2N. The van der Waals surface area contributed by atoms with Crippen molar-refractivity contribution < 1.29 is 0 Å². The summed E-state index contributed by atoms with van der Waals surface area (Å²) in [5, 5.41) is 1.38. The highest BCUT2D eigenvalue weighted by molar-refractivity contribution is 6.33. The maximum absolute atomic E-state index is 6.01. The summed E-state index contributed by atoms with van der Waals surface area (Å²) >= 11 is 11.9. The second kappa shape index (κ2) is 6.99. The molecule has 2 rings (SSSR count). The predicted molar refractivity (Wildman–Crippen MR) is 82.2 cm³/mol. The average Bonchev–Trinajstić information content (AvgIpc) is 2.40. The molecule has 0 heterocycles. The van der Waals surface area contributed by atoms with Gasteiger partial charge in [0.15, 0.2) is 0 Å². The van der Waals surface area contributed by atoms with Crippen molar-refractivity contribution in [1.82, 2.24) is 0 Å². The van der Waals surface area contributed by atoms with Gasteiger partial charge in [-0.3, -0.25) is 4.99 Å². The van der Waals surface area contributed by atoms with E-state index < -0.39 is 0 Å². The van der Waals surface area contributed by atoms with Crippen molar-refractivity contribution >= 4 is 29.4 Å². The zero-order valence-electron chi connectivity index (χ0n) is 10.1. The Morgan fingerprint density at radius 1 is 1.05 bits per heavy atom. The van der Waals surface area contributed by atoms with Gasteiger partial charge >= 0.3 is 0 Å². The Morgan fingerprint density at radius 2 is 1.89 bits per heavy atom. The lowest BCUT2D eigenvalue weighted by Gasteiger charge is -1.94. The third-order valence-electron chi connectivity index (χ3n) is 2.36. The van der Waals surface area contributed by atoms with Gasteiger partial charge < -0.3 is 0 Å². The molecule has 0 aliphatic rings. The fraction of sp³-hybridized carbons (Fsp3) is 0.0625. The Kier molecular flexibility index (Phi) is 5.03. The maximum Gasteiger partial charge on any atom is 0.100 e. The van der Waals surface area contributed by atoms with Crippen molar-refractivity contribution in [3.63, 3.8) is 0 Å². The largest absolute Gasteiger partial charge is 0.280 e. The summed E-state index contributed by atoms with van der Waals surface area (Å²) < 4.78 is 0. The van der Waals surface area contributed by atoms with Gasteiger partial charge in [-0.25, -0.2) is 0 Å². The summed E-state index contributed by atoms with van der Waals surface area (Å²) in [6.07, 6.45) is 1.73. The van der Waals surface area contributed by atoms with Crippen LogP contribution in [0.4, 0.5) is 0 Å². The van der Waals surface area contributed by atoms with E-state index in [1.807, 2.05) is 48.5 Å². The van der Waals surface area contributed by atoms with E-state index >= 15 is 0 Å². The third-order valence-corrected chi connectivity index (χ3v) is 2.94. The normalized spacial score (nSPS) is 10.2. The lowest BCUT2D eigenvalue weighted by atomic mass is 10.2. The van der Waals surface area contributed by atoms with E-state index in [4.69, 9.17) is 23.2 Å². The quantitative estimate of drug-likeness (QED) is 0.571. The van der Waals surface area contributed by atoms with Crippen LogP contribution >= 0.6 is 23.2 Å². The molecule has 0 aliphatic heterocycles. The Hall–Kier alpha value is -1.75. The van der Waals surface area contributed by atoms with E-state index in [0.717, 1.165) is 11.1 Å². The zero-order valence-corrected chi connectivity index (χ0v) is 11.6. The van der Waals surface area contributed by atoms with Crippen LogP contribution in [0.5, 0.6) is 0 Å². The number of hydrogen-bond donors (Lipinski definition) is 0. The van der Waals surface area contributed by atoms with Gasteiger partial charge in [0.25, 0.3) is 0 Å². The molecule has 0 amide bonds. The predicted octanol–water partition coefficient (Wildman–Crippen LogP) is 4.46. The first-order valence-corrected chi connectivity index (χ1v) is 6.50. The van der Waals surface area contributed by atoms with Gasteiger partial charge in [0.1, 0.15) is 6.54 Å². The molecule has 0 saturated heterocycles. The van der Waals surface area contributed by atoms with Gasteiger partial charge in [0.2, 0.25) is 0 Å². The first-order valence-electron chi connectivity index (χ1n) is 5.74. The van der Waals surface area contributed by atoms with E-state index in [1.54, 1.807) is 6.21 Å². The van der Waals surface area contributed by atoms with Crippen LogP contribution in [0.15, 0.2) is 53.5 Å². The number of rotatable bonds is 2. The number of nitrogens with zero attached hydrogens (tertiary/aromatic N) is 1. The third kappa shape index (κ3) is 4.44. The molecule has 0 radical (unpaired) electrons. The van der Waals surface area contributed by atoms with Crippen molar-refractivity contribution in [3.05, 3.63) is 69.7 Å². The summed E-state index contributed by atoms with van der Waals surface area (Å²) in [6.45, 7) is 0.428. The molecule has 1 nitrogen and oxygen atoms in total. The number of aliphatic imine (C=N–C) groups is 1. The summed E-state index contributed by atoms with van der Waals surface area (Å²) in [7, 11) is 0. The second-order valence-corrected chi connectivity index (χ2v) is 4.65. The monoisotopic (exact) mass is 287 g/mol. The number of benzene rings is 2. The van der Waals surface area contributed by atoms with Gasteiger partial charge in [-0.2, -0.15) is 0 Å². The topological polar surface area (TPSA) is 12.4 Å². The molecule has 94 valence electrons. The zero-order chi connectivity index (χ0) is 13.5. The van der Waals surface area contributed by atoms with Crippen LogP contribution in [-0.2, 0) is 0 Å². The highest BCUT2D eigenvalue weighted by Crippen LogP contribution is 2.12. The van der Waals surface area contributed by atoms with Crippen molar-refractivity contribution in [2.45, 2.75) is 0 Å². The molecule has 0 spiro atoms. The molecule has 0 aromatic heterocycles. The van der Waals surface area contributed by atoms with Gasteiger partial charge in [-0.05, 0) is 24.3 Å². The van der Waals surface area contributed by atoms with Crippen LogP contribution < -0.4 is 0 Å².